The molecule has 0 unspecified atom stereocenters. The molecule has 9 heteroatoms. The molecule has 138 valence electrons. The van der Waals surface area contributed by atoms with Crippen LogP contribution in [0.2, 0.25) is 0 Å². The van der Waals surface area contributed by atoms with Crippen molar-refractivity contribution >= 4 is 27.1 Å². The second-order valence-corrected chi connectivity index (χ2v) is 8.19. The Labute approximate surface area is 144 Å². The molecule has 0 aliphatic carbocycles. The van der Waals surface area contributed by atoms with Gasteiger partial charge in [-0.05, 0) is 30.7 Å². The maximum absolute atomic E-state index is 13.1. The molecule has 0 aliphatic rings. The molecule has 26 heavy (non-hydrogen) atoms. The van der Waals surface area contributed by atoms with Crippen LogP contribution in [-0.2, 0) is 0 Å². The highest BCUT2D eigenvalue weighted by molar-refractivity contribution is 8.45. The monoisotopic (exact) mass is 389 g/mol. The fourth-order valence-corrected chi connectivity index (χ4v) is 3.40. The summed E-state index contributed by atoms with van der Waals surface area (Å²) >= 11 is 0. The number of rotatable bonds is 3. The van der Waals surface area contributed by atoms with Crippen molar-refractivity contribution in [2.45, 2.75) is 11.8 Å². The first-order valence-corrected chi connectivity index (χ1v) is 9.20. The number of hydrogen-bond acceptors (Lipinski definition) is 2. The Morgan fingerprint density at radius 1 is 1.00 bits per heavy atom. The summed E-state index contributed by atoms with van der Waals surface area (Å²) in [6.07, 6.45) is 0. The van der Waals surface area contributed by atoms with Gasteiger partial charge in [-0.2, -0.15) is 0 Å². The van der Waals surface area contributed by atoms with Crippen LogP contribution in [0, 0.1) is 6.92 Å². The average molecular weight is 389 g/mol. The standard InChI is InChI=1S/C17H12F5NO2S/c1-10-15(17(24)25)13-9-12(26(18,19,20,21)22)7-8-14(13)23-16(10)11-5-3-2-4-6-11/h2-9H,1H3,(H,24,25). The molecule has 0 saturated carbocycles. The Hall–Kier alpha value is -2.68. The van der Waals surface area contributed by atoms with Crippen molar-refractivity contribution in [1.29, 1.82) is 0 Å². The summed E-state index contributed by atoms with van der Waals surface area (Å²) in [6, 6.07) is 9.60. The van der Waals surface area contributed by atoms with Gasteiger partial charge >= 0.3 is 16.2 Å². The van der Waals surface area contributed by atoms with Gasteiger partial charge in [0.15, 0.2) is 0 Å². The Kier molecular flexibility index (Phi) is 3.44. The van der Waals surface area contributed by atoms with Crippen molar-refractivity contribution in [2.75, 3.05) is 0 Å². The summed E-state index contributed by atoms with van der Waals surface area (Å²) in [7, 11) is -9.94. The lowest BCUT2D eigenvalue weighted by Gasteiger charge is -2.40. The summed E-state index contributed by atoms with van der Waals surface area (Å²) in [5, 5.41) is 8.98. The van der Waals surface area contributed by atoms with E-state index in [0.717, 1.165) is 6.07 Å². The van der Waals surface area contributed by atoms with Crippen LogP contribution < -0.4 is 0 Å². The largest absolute Gasteiger partial charge is 0.478 e. The van der Waals surface area contributed by atoms with Crippen LogP contribution in [0.3, 0.4) is 0 Å². The number of fused-ring (bicyclic) bond motifs is 1. The van der Waals surface area contributed by atoms with Gasteiger partial charge in [0.2, 0.25) is 0 Å². The molecule has 1 N–H and O–H groups in total. The Morgan fingerprint density at radius 3 is 2.15 bits per heavy atom. The van der Waals surface area contributed by atoms with Crippen LogP contribution in [-0.4, -0.2) is 16.1 Å². The Bertz CT molecular complexity index is 1050. The number of carboxylic acids is 1. The number of pyridine rings is 1. The lowest BCUT2D eigenvalue weighted by molar-refractivity contribution is 0.0698. The van der Waals surface area contributed by atoms with E-state index < -0.39 is 32.0 Å². The van der Waals surface area contributed by atoms with Crippen molar-refractivity contribution in [2.24, 2.45) is 0 Å². The van der Waals surface area contributed by atoms with Gasteiger partial charge in [0.1, 0.15) is 4.90 Å². The van der Waals surface area contributed by atoms with Crippen molar-refractivity contribution in [3.8, 4) is 11.3 Å². The van der Waals surface area contributed by atoms with E-state index >= 15 is 0 Å². The van der Waals surface area contributed by atoms with Gasteiger partial charge in [-0.3, -0.25) is 0 Å². The molecule has 1 heterocycles. The zero-order valence-electron chi connectivity index (χ0n) is 13.2. The fraction of sp³-hybridized carbons (Fsp3) is 0.0588. The molecule has 0 bridgehead atoms. The first-order valence-electron chi connectivity index (χ1n) is 7.25. The SMILES string of the molecule is Cc1c(-c2ccccc2)nc2ccc(S(F)(F)(F)(F)F)cc2c1C(=O)O. The van der Waals surface area contributed by atoms with E-state index in [1.165, 1.54) is 6.92 Å². The summed E-state index contributed by atoms with van der Waals surface area (Å²) in [5.74, 6) is -1.52. The predicted molar refractivity (Wildman–Crippen MR) is 90.3 cm³/mol. The third-order valence-corrected chi connectivity index (χ3v) is 5.05. The summed E-state index contributed by atoms with van der Waals surface area (Å²) in [5.41, 5.74) is 0.312. The Morgan fingerprint density at radius 2 is 1.62 bits per heavy atom. The van der Waals surface area contributed by atoms with E-state index in [-0.39, 0.29) is 28.9 Å². The number of hydrogen-bond donors (Lipinski definition) is 1. The molecule has 0 fully saturated rings. The molecule has 0 spiro atoms. The third-order valence-electron chi connectivity index (χ3n) is 3.91. The minimum absolute atomic E-state index is 0.0931. The van der Waals surface area contributed by atoms with Crippen molar-refractivity contribution in [1.82, 2.24) is 4.98 Å². The van der Waals surface area contributed by atoms with Gasteiger partial charge in [0.05, 0.1) is 16.8 Å². The minimum Gasteiger partial charge on any atom is -0.478 e. The summed E-state index contributed by atoms with van der Waals surface area (Å²) in [4.78, 5) is 13.7. The molecule has 1 aromatic heterocycles. The first-order chi connectivity index (χ1) is 11.8. The highest BCUT2D eigenvalue weighted by Crippen LogP contribution is 3.02. The molecule has 0 amide bonds. The highest BCUT2D eigenvalue weighted by Gasteiger charge is 2.65. The molecule has 0 atom stereocenters. The number of benzene rings is 2. The maximum atomic E-state index is 13.1. The number of carbonyl (C=O) groups is 1. The third kappa shape index (κ3) is 3.22. The van der Waals surface area contributed by atoms with Crippen LogP contribution in [0.4, 0.5) is 19.4 Å². The van der Waals surface area contributed by atoms with E-state index in [0.29, 0.717) is 5.56 Å². The quantitative estimate of drug-likeness (QED) is 0.516. The smallest absolute Gasteiger partial charge is 0.336 e. The summed E-state index contributed by atoms with van der Waals surface area (Å²) < 4.78 is 65.4. The van der Waals surface area contributed by atoms with Gasteiger partial charge in [0.25, 0.3) is 0 Å². The van der Waals surface area contributed by atoms with E-state index in [4.69, 9.17) is 0 Å². The van der Waals surface area contributed by atoms with Crippen LogP contribution in [0.5, 0.6) is 0 Å². The molecule has 0 saturated heterocycles. The Balaban J connectivity index is 2.41. The van der Waals surface area contributed by atoms with E-state index in [2.05, 4.69) is 4.98 Å². The first kappa shape index (κ1) is 18.1. The van der Waals surface area contributed by atoms with Crippen molar-refractivity contribution < 1.29 is 29.3 Å². The zero-order chi connectivity index (χ0) is 19.4. The number of aromatic carboxylic acids is 1. The molecule has 0 radical (unpaired) electrons. The van der Waals surface area contributed by atoms with Crippen molar-refractivity contribution in [3.05, 3.63) is 59.7 Å². The lowest BCUT2D eigenvalue weighted by Crippen LogP contribution is -2.09. The van der Waals surface area contributed by atoms with Crippen LogP contribution in [0.15, 0.2) is 53.4 Å². The van der Waals surface area contributed by atoms with Gasteiger partial charge in [-0.1, -0.05) is 49.8 Å². The van der Waals surface area contributed by atoms with Gasteiger partial charge < -0.3 is 5.11 Å². The molecular formula is C17H12F5NO2S. The molecule has 3 rings (SSSR count). The summed E-state index contributed by atoms with van der Waals surface area (Å²) in [6.45, 7) is 1.38. The van der Waals surface area contributed by atoms with Gasteiger partial charge in [-0.15, -0.1) is 0 Å². The average Bonchev–Trinajstić information content (AvgIpc) is 2.52. The highest BCUT2D eigenvalue weighted by atomic mass is 32.5. The predicted octanol–water partition coefficient (Wildman–Crippen LogP) is 6.57. The van der Waals surface area contributed by atoms with Crippen LogP contribution in [0.25, 0.3) is 22.2 Å². The van der Waals surface area contributed by atoms with Crippen LogP contribution >= 0.6 is 10.2 Å². The fourth-order valence-electron chi connectivity index (χ4n) is 2.73. The molecular weight excluding hydrogens is 377 g/mol. The topological polar surface area (TPSA) is 50.2 Å². The lowest BCUT2D eigenvalue weighted by atomic mass is 9.98. The zero-order valence-corrected chi connectivity index (χ0v) is 14.0. The molecule has 3 nitrogen and oxygen atoms in total. The molecule has 3 aromatic rings. The number of nitrogens with zero attached hydrogens (tertiary/aromatic N) is 1. The molecule has 0 aliphatic heterocycles. The van der Waals surface area contributed by atoms with Gasteiger partial charge in [0, 0.05) is 10.9 Å². The second kappa shape index (κ2) is 4.94. The second-order valence-electron chi connectivity index (χ2n) is 5.78. The van der Waals surface area contributed by atoms with E-state index in [1.54, 1.807) is 30.3 Å². The maximum Gasteiger partial charge on any atom is 0.336 e. The van der Waals surface area contributed by atoms with E-state index in [1.807, 2.05) is 0 Å². The minimum atomic E-state index is -9.94. The number of carboxylic acid groups (broad SMARTS) is 1. The number of halogens is 5. The van der Waals surface area contributed by atoms with Crippen LogP contribution in [0.1, 0.15) is 15.9 Å². The number of aromatic nitrogens is 1. The normalized spacial score (nSPS) is 14.7. The van der Waals surface area contributed by atoms with E-state index in [9.17, 15) is 29.3 Å². The van der Waals surface area contributed by atoms with Gasteiger partial charge in [-0.25, -0.2) is 9.78 Å². The molecule has 2 aromatic carbocycles. The van der Waals surface area contributed by atoms with Crippen molar-refractivity contribution in [3.63, 3.8) is 0 Å².